The number of carbonyl (C=O) groups excluding carboxylic acids is 1. The van der Waals surface area contributed by atoms with Crippen molar-refractivity contribution < 1.29 is 4.79 Å². The van der Waals surface area contributed by atoms with Gasteiger partial charge in [0.2, 0.25) is 5.91 Å². The Kier molecular flexibility index (Phi) is 4.72. The molecule has 0 aliphatic heterocycles. The summed E-state index contributed by atoms with van der Waals surface area (Å²) in [5, 5.41) is 9.89. The van der Waals surface area contributed by atoms with E-state index in [-0.39, 0.29) is 11.9 Å². The molecule has 0 spiro atoms. The zero-order valence-corrected chi connectivity index (χ0v) is 9.73. The Morgan fingerprint density at radius 1 is 1.69 bits per heavy atom. The standard InChI is InChI=1S/C11H18N4O/c1-4-15-8-10(6-13-15)5-12-7-11(16)14-9(2)3/h4,6,8-9,12H,1,5,7H2,2-3H3,(H,14,16). The highest BCUT2D eigenvalue weighted by atomic mass is 16.1. The SMILES string of the molecule is C=Cn1cc(CNCC(=O)NC(C)C)cn1. The van der Waals surface area contributed by atoms with Crippen molar-refractivity contribution in [2.75, 3.05) is 6.54 Å². The van der Waals surface area contributed by atoms with Gasteiger partial charge in [-0.15, -0.1) is 0 Å². The number of carbonyl (C=O) groups is 1. The average Bonchev–Trinajstić information content (AvgIpc) is 2.64. The van der Waals surface area contributed by atoms with Gasteiger partial charge in [0.05, 0.1) is 12.7 Å². The predicted molar refractivity (Wildman–Crippen MR) is 63.6 cm³/mol. The van der Waals surface area contributed by atoms with Gasteiger partial charge in [0.25, 0.3) is 0 Å². The lowest BCUT2D eigenvalue weighted by molar-refractivity contribution is -0.120. The molecule has 1 amide bonds. The first kappa shape index (κ1) is 12.4. The summed E-state index contributed by atoms with van der Waals surface area (Å²) in [4.78, 5) is 11.3. The molecule has 0 aromatic carbocycles. The second-order valence-corrected chi connectivity index (χ2v) is 3.84. The van der Waals surface area contributed by atoms with E-state index >= 15 is 0 Å². The minimum Gasteiger partial charge on any atom is -0.353 e. The quantitative estimate of drug-likeness (QED) is 0.741. The first-order chi connectivity index (χ1) is 7.61. The molecule has 2 N–H and O–H groups in total. The first-order valence-electron chi connectivity index (χ1n) is 5.27. The highest BCUT2D eigenvalue weighted by Gasteiger charge is 2.02. The van der Waals surface area contributed by atoms with Gasteiger partial charge in [-0.1, -0.05) is 6.58 Å². The van der Waals surface area contributed by atoms with Crippen LogP contribution >= 0.6 is 0 Å². The van der Waals surface area contributed by atoms with Crippen LogP contribution in [0.25, 0.3) is 6.20 Å². The van der Waals surface area contributed by atoms with Crippen molar-refractivity contribution in [2.45, 2.75) is 26.4 Å². The van der Waals surface area contributed by atoms with Crippen LogP contribution in [-0.2, 0) is 11.3 Å². The van der Waals surface area contributed by atoms with Crippen molar-refractivity contribution in [3.8, 4) is 0 Å². The molecule has 0 fully saturated rings. The van der Waals surface area contributed by atoms with E-state index in [9.17, 15) is 4.79 Å². The van der Waals surface area contributed by atoms with Crippen LogP contribution in [0.1, 0.15) is 19.4 Å². The van der Waals surface area contributed by atoms with E-state index in [1.54, 1.807) is 17.1 Å². The van der Waals surface area contributed by atoms with E-state index in [2.05, 4.69) is 22.3 Å². The maximum atomic E-state index is 11.3. The Bertz CT molecular complexity index is 357. The Morgan fingerprint density at radius 2 is 2.44 bits per heavy atom. The number of aromatic nitrogens is 2. The molecule has 0 saturated heterocycles. The van der Waals surface area contributed by atoms with Gasteiger partial charge in [-0.05, 0) is 13.8 Å². The molecule has 0 radical (unpaired) electrons. The molecular formula is C11H18N4O. The maximum Gasteiger partial charge on any atom is 0.234 e. The molecule has 0 saturated carbocycles. The Labute approximate surface area is 95.5 Å². The van der Waals surface area contributed by atoms with Crippen LogP contribution in [0, 0.1) is 0 Å². The second-order valence-electron chi connectivity index (χ2n) is 3.84. The highest BCUT2D eigenvalue weighted by molar-refractivity contribution is 5.78. The molecule has 0 unspecified atom stereocenters. The minimum absolute atomic E-state index is 0.00566. The van der Waals surface area contributed by atoms with Gasteiger partial charge in [0.15, 0.2) is 0 Å². The Hall–Kier alpha value is -1.62. The van der Waals surface area contributed by atoms with Gasteiger partial charge in [-0.3, -0.25) is 4.79 Å². The number of nitrogens with zero attached hydrogens (tertiary/aromatic N) is 2. The summed E-state index contributed by atoms with van der Waals surface area (Å²) < 4.78 is 1.63. The number of hydrogen-bond acceptors (Lipinski definition) is 3. The molecular weight excluding hydrogens is 204 g/mol. The fourth-order valence-electron chi connectivity index (χ4n) is 1.26. The predicted octanol–water partition coefficient (Wildman–Crippen LogP) is 0.598. The van der Waals surface area contributed by atoms with Crippen molar-refractivity contribution in [1.82, 2.24) is 20.4 Å². The molecule has 0 atom stereocenters. The molecule has 88 valence electrons. The Morgan fingerprint density at radius 3 is 3.00 bits per heavy atom. The number of rotatable bonds is 6. The van der Waals surface area contributed by atoms with Crippen LogP contribution in [0.15, 0.2) is 19.0 Å². The van der Waals surface area contributed by atoms with Gasteiger partial charge in [0, 0.05) is 30.5 Å². The van der Waals surface area contributed by atoms with E-state index < -0.39 is 0 Å². The van der Waals surface area contributed by atoms with Crippen molar-refractivity contribution in [3.05, 3.63) is 24.5 Å². The molecule has 1 aromatic rings. The van der Waals surface area contributed by atoms with Crippen LogP contribution in [-0.4, -0.2) is 28.3 Å². The van der Waals surface area contributed by atoms with Gasteiger partial charge in [-0.25, -0.2) is 4.68 Å². The van der Waals surface area contributed by atoms with Crippen LogP contribution in [0.2, 0.25) is 0 Å². The van der Waals surface area contributed by atoms with Crippen LogP contribution in [0.5, 0.6) is 0 Å². The molecule has 1 heterocycles. The smallest absolute Gasteiger partial charge is 0.234 e. The zero-order chi connectivity index (χ0) is 12.0. The number of hydrogen-bond donors (Lipinski definition) is 2. The summed E-state index contributed by atoms with van der Waals surface area (Å²) in [5.41, 5.74) is 1.03. The molecule has 16 heavy (non-hydrogen) atoms. The summed E-state index contributed by atoms with van der Waals surface area (Å²) in [6.45, 7) is 8.42. The fraction of sp³-hybridized carbons (Fsp3) is 0.455. The lowest BCUT2D eigenvalue weighted by Gasteiger charge is -2.08. The van der Waals surface area contributed by atoms with Crippen molar-refractivity contribution in [2.24, 2.45) is 0 Å². The lowest BCUT2D eigenvalue weighted by Crippen LogP contribution is -2.37. The van der Waals surface area contributed by atoms with E-state index in [0.29, 0.717) is 13.1 Å². The molecule has 0 aliphatic carbocycles. The van der Waals surface area contributed by atoms with Crippen LogP contribution in [0.3, 0.4) is 0 Å². The van der Waals surface area contributed by atoms with Gasteiger partial charge < -0.3 is 10.6 Å². The third-order valence-corrected chi connectivity index (χ3v) is 1.91. The van der Waals surface area contributed by atoms with E-state index in [4.69, 9.17) is 0 Å². The molecule has 5 heteroatoms. The van der Waals surface area contributed by atoms with Crippen molar-refractivity contribution in [3.63, 3.8) is 0 Å². The topological polar surface area (TPSA) is 59.0 Å². The minimum atomic E-state index is 0.00566. The molecule has 1 rings (SSSR count). The summed E-state index contributed by atoms with van der Waals surface area (Å²) >= 11 is 0. The number of nitrogens with one attached hydrogen (secondary N) is 2. The largest absolute Gasteiger partial charge is 0.353 e. The average molecular weight is 222 g/mol. The first-order valence-corrected chi connectivity index (χ1v) is 5.27. The molecule has 5 nitrogen and oxygen atoms in total. The molecule has 0 aliphatic rings. The monoisotopic (exact) mass is 222 g/mol. The van der Waals surface area contributed by atoms with Gasteiger partial charge in [0.1, 0.15) is 0 Å². The van der Waals surface area contributed by atoms with Crippen molar-refractivity contribution in [1.29, 1.82) is 0 Å². The van der Waals surface area contributed by atoms with Gasteiger partial charge >= 0.3 is 0 Å². The fourth-order valence-corrected chi connectivity index (χ4v) is 1.26. The van der Waals surface area contributed by atoms with Crippen molar-refractivity contribution >= 4 is 12.1 Å². The van der Waals surface area contributed by atoms with Gasteiger partial charge in [-0.2, -0.15) is 5.10 Å². The van der Waals surface area contributed by atoms with E-state index in [1.165, 1.54) is 0 Å². The zero-order valence-electron chi connectivity index (χ0n) is 9.73. The summed E-state index contributed by atoms with van der Waals surface area (Å²) in [6, 6.07) is 0.179. The molecule has 1 aromatic heterocycles. The summed E-state index contributed by atoms with van der Waals surface area (Å²) in [5.74, 6) is 0.00566. The Balaban J connectivity index is 2.25. The lowest BCUT2D eigenvalue weighted by atomic mass is 10.3. The normalized spacial score (nSPS) is 10.4. The second kappa shape index (κ2) is 6.07. The highest BCUT2D eigenvalue weighted by Crippen LogP contribution is 1.96. The van der Waals surface area contributed by atoms with Crippen LogP contribution < -0.4 is 10.6 Å². The van der Waals surface area contributed by atoms with E-state index in [0.717, 1.165) is 5.56 Å². The third kappa shape index (κ3) is 4.27. The third-order valence-electron chi connectivity index (χ3n) is 1.91. The molecule has 0 bridgehead atoms. The van der Waals surface area contributed by atoms with Crippen LogP contribution in [0.4, 0.5) is 0 Å². The number of amides is 1. The van der Waals surface area contributed by atoms with E-state index in [1.807, 2.05) is 20.0 Å². The summed E-state index contributed by atoms with van der Waals surface area (Å²) in [6.07, 6.45) is 5.23. The maximum absolute atomic E-state index is 11.3. The summed E-state index contributed by atoms with van der Waals surface area (Å²) in [7, 11) is 0.